The van der Waals surface area contributed by atoms with Gasteiger partial charge in [0.25, 0.3) is 5.91 Å². The summed E-state index contributed by atoms with van der Waals surface area (Å²) in [7, 11) is 1.75. The fraction of sp³-hybridized carbons (Fsp3) is 0.353. The first-order chi connectivity index (χ1) is 11.5. The summed E-state index contributed by atoms with van der Waals surface area (Å²) >= 11 is 1.50. The summed E-state index contributed by atoms with van der Waals surface area (Å²) in [6.07, 6.45) is 3.59. The monoisotopic (exact) mass is 347 g/mol. The molecule has 7 heteroatoms. The van der Waals surface area contributed by atoms with Gasteiger partial charge in [-0.3, -0.25) is 4.79 Å². The average molecular weight is 347 g/mol. The number of benzene rings is 1. The molecule has 6 nitrogen and oxygen atoms in total. The highest BCUT2D eigenvalue weighted by atomic mass is 32.2. The highest BCUT2D eigenvalue weighted by molar-refractivity contribution is 7.98. The number of nitriles is 1. The van der Waals surface area contributed by atoms with Crippen molar-refractivity contribution in [3.05, 3.63) is 47.7 Å². The van der Waals surface area contributed by atoms with Crippen molar-refractivity contribution in [3.63, 3.8) is 0 Å². The van der Waals surface area contributed by atoms with Crippen LogP contribution < -0.4 is 5.32 Å². The SMILES string of the molecule is CSCCC(NC(=O)/C(C#N)=C\N(C)Cc1ccccc1)C(=O)O. The number of carbonyl (C=O) groups is 2. The molecule has 0 radical (unpaired) electrons. The third kappa shape index (κ3) is 6.75. The smallest absolute Gasteiger partial charge is 0.326 e. The number of thioether (sulfide) groups is 1. The van der Waals surface area contributed by atoms with Gasteiger partial charge in [-0.05, 0) is 24.0 Å². The van der Waals surface area contributed by atoms with Crippen LogP contribution in [0.4, 0.5) is 0 Å². The van der Waals surface area contributed by atoms with E-state index in [4.69, 9.17) is 5.11 Å². The Morgan fingerprint density at radius 3 is 2.62 bits per heavy atom. The van der Waals surface area contributed by atoms with Crippen LogP contribution in [0.1, 0.15) is 12.0 Å². The van der Waals surface area contributed by atoms with Gasteiger partial charge in [0, 0.05) is 19.8 Å². The van der Waals surface area contributed by atoms with Gasteiger partial charge in [-0.15, -0.1) is 0 Å². The van der Waals surface area contributed by atoms with Gasteiger partial charge >= 0.3 is 5.97 Å². The van der Waals surface area contributed by atoms with Crippen LogP contribution >= 0.6 is 11.8 Å². The summed E-state index contributed by atoms with van der Waals surface area (Å²) in [6.45, 7) is 0.536. The predicted octanol–water partition coefficient (Wildman–Crippen LogP) is 1.85. The molecule has 0 aliphatic rings. The Bertz CT molecular complexity index is 626. The van der Waals surface area contributed by atoms with E-state index < -0.39 is 17.9 Å². The lowest BCUT2D eigenvalue weighted by Crippen LogP contribution is -2.41. The third-order valence-corrected chi connectivity index (χ3v) is 3.85. The van der Waals surface area contributed by atoms with E-state index >= 15 is 0 Å². The van der Waals surface area contributed by atoms with Gasteiger partial charge in [0.15, 0.2) is 0 Å². The molecule has 0 spiro atoms. The molecule has 2 N–H and O–H groups in total. The molecule has 128 valence electrons. The number of amides is 1. The lowest BCUT2D eigenvalue weighted by molar-refractivity contribution is -0.141. The largest absolute Gasteiger partial charge is 0.480 e. The van der Waals surface area contributed by atoms with E-state index in [1.165, 1.54) is 18.0 Å². The Morgan fingerprint density at radius 2 is 2.08 bits per heavy atom. The normalized spacial score (nSPS) is 12.1. The number of nitrogens with one attached hydrogen (secondary N) is 1. The van der Waals surface area contributed by atoms with Crippen molar-refractivity contribution in [2.24, 2.45) is 0 Å². The minimum Gasteiger partial charge on any atom is -0.480 e. The lowest BCUT2D eigenvalue weighted by Gasteiger charge is -2.16. The lowest BCUT2D eigenvalue weighted by atomic mass is 10.2. The summed E-state index contributed by atoms with van der Waals surface area (Å²) in [5.74, 6) is -1.17. The molecule has 1 amide bonds. The molecular weight excluding hydrogens is 326 g/mol. The summed E-state index contributed by atoms with van der Waals surface area (Å²) in [5, 5.41) is 20.7. The second kappa shape index (κ2) is 10.3. The van der Waals surface area contributed by atoms with Gasteiger partial charge in [-0.1, -0.05) is 30.3 Å². The number of hydrogen-bond donors (Lipinski definition) is 2. The van der Waals surface area contributed by atoms with Gasteiger partial charge in [-0.2, -0.15) is 17.0 Å². The summed E-state index contributed by atoms with van der Waals surface area (Å²) in [5.41, 5.74) is 0.918. The minimum absolute atomic E-state index is 0.121. The van der Waals surface area contributed by atoms with E-state index in [1.54, 1.807) is 11.9 Å². The molecule has 0 fully saturated rings. The summed E-state index contributed by atoms with van der Waals surface area (Å²) in [4.78, 5) is 25.0. The third-order valence-electron chi connectivity index (χ3n) is 3.20. The number of aliphatic carboxylic acids is 1. The van der Waals surface area contributed by atoms with Gasteiger partial charge in [-0.25, -0.2) is 4.79 Å². The van der Waals surface area contributed by atoms with Crippen LogP contribution in [0.15, 0.2) is 42.1 Å². The first-order valence-electron chi connectivity index (χ1n) is 7.36. The Morgan fingerprint density at radius 1 is 1.42 bits per heavy atom. The highest BCUT2D eigenvalue weighted by Crippen LogP contribution is 2.06. The van der Waals surface area contributed by atoms with Crippen molar-refractivity contribution in [2.45, 2.75) is 19.0 Å². The van der Waals surface area contributed by atoms with Crippen molar-refractivity contribution in [1.29, 1.82) is 5.26 Å². The van der Waals surface area contributed by atoms with Gasteiger partial charge < -0.3 is 15.3 Å². The molecule has 0 saturated heterocycles. The zero-order chi connectivity index (χ0) is 17.9. The molecule has 0 heterocycles. The second-order valence-corrected chi connectivity index (χ2v) is 6.19. The minimum atomic E-state index is -1.10. The average Bonchev–Trinajstić information content (AvgIpc) is 2.56. The van der Waals surface area contributed by atoms with E-state index in [1.807, 2.05) is 42.7 Å². The predicted molar refractivity (Wildman–Crippen MR) is 94.2 cm³/mol. The fourth-order valence-electron chi connectivity index (χ4n) is 2.00. The summed E-state index contributed by atoms with van der Waals surface area (Å²) in [6, 6.07) is 10.4. The van der Waals surface area contributed by atoms with Gasteiger partial charge in [0.1, 0.15) is 17.7 Å². The topological polar surface area (TPSA) is 93.4 Å². The van der Waals surface area contributed by atoms with E-state index in [0.717, 1.165) is 5.56 Å². The fourth-order valence-corrected chi connectivity index (χ4v) is 2.48. The second-order valence-electron chi connectivity index (χ2n) is 5.20. The Balaban J connectivity index is 2.74. The number of carbonyl (C=O) groups excluding carboxylic acids is 1. The van der Waals surface area contributed by atoms with Gasteiger partial charge in [0.2, 0.25) is 0 Å². The number of carboxylic acid groups (broad SMARTS) is 1. The van der Waals surface area contributed by atoms with Crippen LogP contribution in [0.2, 0.25) is 0 Å². The van der Waals surface area contributed by atoms with E-state index in [9.17, 15) is 14.9 Å². The molecule has 0 aliphatic carbocycles. The quantitative estimate of drug-likeness (QED) is 0.523. The zero-order valence-electron chi connectivity index (χ0n) is 13.7. The van der Waals surface area contributed by atoms with Crippen LogP contribution in [0.25, 0.3) is 0 Å². The molecule has 1 unspecified atom stereocenters. The van der Waals surface area contributed by atoms with Gasteiger partial charge in [0.05, 0.1) is 0 Å². The highest BCUT2D eigenvalue weighted by Gasteiger charge is 2.21. The molecule has 0 bridgehead atoms. The van der Waals surface area contributed by atoms with Crippen LogP contribution in [0.3, 0.4) is 0 Å². The number of nitrogens with zero attached hydrogens (tertiary/aromatic N) is 2. The molecule has 1 aromatic rings. The first-order valence-corrected chi connectivity index (χ1v) is 8.76. The Labute approximate surface area is 146 Å². The van der Waals surface area contributed by atoms with Crippen molar-refractivity contribution in [3.8, 4) is 6.07 Å². The van der Waals surface area contributed by atoms with Crippen LogP contribution in [-0.2, 0) is 16.1 Å². The molecular formula is C17H21N3O3S. The van der Waals surface area contributed by atoms with E-state index in [2.05, 4.69) is 5.32 Å². The molecule has 24 heavy (non-hydrogen) atoms. The summed E-state index contributed by atoms with van der Waals surface area (Å²) < 4.78 is 0. The first kappa shape index (κ1) is 19.6. The molecule has 1 atom stereocenters. The molecule has 0 saturated carbocycles. The van der Waals surface area contributed by atoms with Crippen LogP contribution in [-0.4, -0.2) is 47.0 Å². The number of hydrogen-bond acceptors (Lipinski definition) is 5. The maximum atomic E-state index is 12.1. The van der Waals surface area contributed by atoms with Crippen molar-refractivity contribution >= 4 is 23.6 Å². The zero-order valence-corrected chi connectivity index (χ0v) is 14.5. The van der Waals surface area contributed by atoms with Crippen LogP contribution in [0.5, 0.6) is 0 Å². The van der Waals surface area contributed by atoms with Crippen molar-refractivity contribution < 1.29 is 14.7 Å². The molecule has 1 aromatic carbocycles. The molecule has 0 aromatic heterocycles. The Hall–Kier alpha value is -2.46. The standard InChI is InChI=1S/C17H21N3O3S/c1-20(11-13-6-4-3-5-7-13)12-14(10-18)16(21)19-15(17(22)23)8-9-24-2/h3-7,12,15H,8-9,11H2,1-2H3,(H,19,21)(H,22,23)/b14-12-. The van der Waals surface area contributed by atoms with E-state index in [-0.39, 0.29) is 5.57 Å². The van der Waals surface area contributed by atoms with Crippen molar-refractivity contribution in [1.82, 2.24) is 10.2 Å². The Kier molecular flexibility index (Phi) is 8.44. The molecule has 1 rings (SSSR count). The number of carboxylic acids is 1. The maximum Gasteiger partial charge on any atom is 0.326 e. The maximum absolute atomic E-state index is 12.1. The molecule has 0 aliphatic heterocycles. The number of rotatable bonds is 9. The van der Waals surface area contributed by atoms with Crippen molar-refractivity contribution in [2.75, 3.05) is 19.1 Å². The van der Waals surface area contributed by atoms with Crippen LogP contribution in [0, 0.1) is 11.3 Å². The van der Waals surface area contributed by atoms with E-state index in [0.29, 0.717) is 18.7 Å².